The number of rotatable bonds is 7. The van der Waals surface area contributed by atoms with Crippen LogP contribution in [-0.2, 0) is 14.6 Å². The van der Waals surface area contributed by atoms with Crippen LogP contribution < -0.4 is 5.32 Å². The summed E-state index contributed by atoms with van der Waals surface area (Å²) in [6, 6.07) is 2.09. The third-order valence-electron chi connectivity index (χ3n) is 4.36. The monoisotopic (exact) mass is 370 g/mol. The van der Waals surface area contributed by atoms with Crippen LogP contribution >= 0.6 is 0 Å². The Labute approximate surface area is 148 Å². The first-order chi connectivity index (χ1) is 11.7. The molecule has 1 saturated heterocycles. The van der Waals surface area contributed by atoms with Crippen molar-refractivity contribution in [1.29, 1.82) is 0 Å². The molecule has 2 atom stereocenters. The largest absolute Gasteiger partial charge is 0.459 e. The standard InChI is InChI=1S/C17H26N2O5S/c1-4-8-19(13-7-10-25(22,23)11-13)17(21)15(12(2)3)18-16(20)14-6-5-9-24-14/h5-6,9,12-13,15H,4,7-8,10-11H2,1-3H3,(H,18,20)/t13-,15+/m1/s1. The molecule has 1 fully saturated rings. The predicted molar refractivity (Wildman–Crippen MR) is 93.9 cm³/mol. The molecule has 7 nitrogen and oxygen atoms in total. The summed E-state index contributed by atoms with van der Waals surface area (Å²) in [6.45, 7) is 6.11. The van der Waals surface area contributed by atoms with Gasteiger partial charge in [-0.2, -0.15) is 0 Å². The Bertz CT molecular complexity index is 697. The maximum atomic E-state index is 13.1. The van der Waals surface area contributed by atoms with Crippen molar-refractivity contribution in [1.82, 2.24) is 10.2 Å². The number of nitrogens with one attached hydrogen (secondary N) is 1. The number of nitrogens with zero attached hydrogens (tertiary/aromatic N) is 1. The van der Waals surface area contributed by atoms with Gasteiger partial charge in [-0.25, -0.2) is 8.42 Å². The number of hydrogen-bond acceptors (Lipinski definition) is 5. The molecule has 0 aliphatic carbocycles. The first kappa shape index (κ1) is 19.5. The minimum Gasteiger partial charge on any atom is -0.459 e. The minimum atomic E-state index is -3.09. The van der Waals surface area contributed by atoms with E-state index in [2.05, 4.69) is 5.32 Å². The van der Waals surface area contributed by atoms with Crippen molar-refractivity contribution in [3.8, 4) is 0 Å². The molecule has 2 rings (SSSR count). The van der Waals surface area contributed by atoms with Gasteiger partial charge in [0, 0.05) is 12.6 Å². The zero-order chi connectivity index (χ0) is 18.6. The summed E-state index contributed by atoms with van der Waals surface area (Å²) in [7, 11) is -3.09. The highest BCUT2D eigenvalue weighted by Gasteiger charge is 2.38. The molecule has 0 spiro atoms. The van der Waals surface area contributed by atoms with Gasteiger partial charge in [0.25, 0.3) is 5.91 Å². The van der Waals surface area contributed by atoms with Gasteiger partial charge in [-0.15, -0.1) is 0 Å². The quantitative estimate of drug-likeness (QED) is 0.784. The van der Waals surface area contributed by atoms with Gasteiger partial charge in [-0.1, -0.05) is 20.8 Å². The summed E-state index contributed by atoms with van der Waals surface area (Å²) < 4.78 is 28.7. The van der Waals surface area contributed by atoms with Gasteiger partial charge in [0.05, 0.1) is 17.8 Å². The van der Waals surface area contributed by atoms with Crippen molar-refractivity contribution in [2.24, 2.45) is 5.92 Å². The van der Waals surface area contributed by atoms with Crippen LogP contribution in [0.3, 0.4) is 0 Å². The normalized spacial score (nSPS) is 20.4. The number of carbonyl (C=O) groups excluding carboxylic acids is 2. The first-order valence-corrected chi connectivity index (χ1v) is 10.4. The van der Waals surface area contributed by atoms with Crippen molar-refractivity contribution >= 4 is 21.7 Å². The van der Waals surface area contributed by atoms with E-state index in [1.165, 1.54) is 12.3 Å². The topological polar surface area (TPSA) is 96.7 Å². The predicted octanol–water partition coefficient (Wildman–Crippen LogP) is 1.46. The SMILES string of the molecule is CCCN(C(=O)[C@@H](NC(=O)c1ccco1)C(C)C)[C@@H]1CCS(=O)(=O)C1. The van der Waals surface area contributed by atoms with E-state index in [9.17, 15) is 18.0 Å². The molecule has 0 bridgehead atoms. The molecule has 140 valence electrons. The lowest BCUT2D eigenvalue weighted by molar-refractivity contribution is -0.136. The summed E-state index contributed by atoms with van der Waals surface area (Å²) >= 11 is 0. The maximum absolute atomic E-state index is 13.1. The van der Waals surface area contributed by atoms with Gasteiger partial charge >= 0.3 is 0 Å². The molecule has 2 heterocycles. The lowest BCUT2D eigenvalue weighted by Gasteiger charge is -2.33. The Kier molecular flexibility index (Phi) is 6.26. The average Bonchev–Trinajstić information content (AvgIpc) is 3.18. The van der Waals surface area contributed by atoms with Crippen LogP contribution in [0.2, 0.25) is 0 Å². The molecule has 1 aliphatic rings. The second-order valence-corrected chi connectivity index (χ2v) is 8.99. The lowest BCUT2D eigenvalue weighted by atomic mass is 10.0. The van der Waals surface area contributed by atoms with Crippen molar-refractivity contribution in [3.63, 3.8) is 0 Å². The first-order valence-electron chi connectivity index (χ1n) is 8.60. The highest BCUT2D eigenvalue weighted by Crippen LogP contribution is 2.20. The smallest absolute Gasteiger partial charge is 0.287 e. The summed E-state index contributed by atoms with van der Waals surface area (Å²) in [5.74, 6) is -0.578. The summed E-state index contributed by atoms with van der Waals surface area (Å²) in [5, 5.41) is 2.73. The van der Waals surface area contributed by atoms with Crippen LogP contribution in [0.4, 0.5) is 0 Å². The fourth-order valence-corrected chi connectivity index (χ4v) is 4.78. The van der Waals surface area contributed by atoms with Gasteiger partial charge in [-0.05, 0) is 30.9 Å². The van der Waals surface area contributed by atoms with E-state index in [4.69, 9.17) is 4.42 Å². The second kappa shape index (κ2) is 8.03. The molecule has 1 aromatic rings. The molecule has 25 heavy (non-hydrogen) atoms. The minimum absolute atomic E-state index is 0.00428. The molecule has 0 saturated carbocycles. The van der Waals surface area contributed by atoms with Crippen LogP contribution in [0.5, 0.6) is 0 Å². The molecule has 1 aliphatic heterocycles. The van der Waals surface area contributed by atoms with Crippen molar-refractivity contribution < 1.29 is 22.4 Å². The van der Waals surface area contributed by atoms with Crippen molar-refractivity contribution in [2.75, 3.05) is 18.1 Å². The van der Waals surface area contributed by atoms with Gasteiger partial charge in [0.1, 0.15) is 6.04 Å². The second-order valence-electron chi connectivity index (χ2n) is 6.76. The van der Waals surface area contributed by atoms with Crippen LogP contribution in [-0.4, -0.2) is 55.3 Å². The molecular weight excluding hydrogens is 344 g/mol. The molecule has 1 aromatic heterocycles. The Morgan fingerprint density at radius 2 is 2.12 bits per heavy atom. The third kappa shape index (κ3) is 4.84. The number of amides is 2. The van der Waals surface area contributed by atoms with E-state index in [0.29, 0.717) is 13.0 Å². The van der Waals surface area contributed by atoms with E-state index >= 15 is 0 Å². The number of furan rings is 1. The Hall–Kier alpha value is -1.83. The molecule has 8 heteroatoms. The van der Waals surface area contributed by atoms with E-state index in [1.807, 2.05) is 20.8 Å². The molecule has 2 amide bonds. The number of sulfone groups is 1. The van der Waals surface area contributed by atoms with Crippen molar-refractivity contribution in [2.45, 2.75) is 45.7 Å². The third-order valence-corrected chi connectivity index (χ3v) is 6.11. The van der Waals surface area contributed by atoms with E-state index < -0.39 is 21.8 Å². The zero-order valence-corrected chi connectivity index (χ0v) is 15.7. The van der Waals surface area contributed by atoms with E-state index in [-0.39, 0.29) is 35.1 Å². The van der Waals surface area contributed by atoms with Crippen LogP contribution in [0.25, 0.3) is 0 Å². The number of carbonyl (C=O) groups is 2. The van der Waals surface area contributed by atoms with E-state index in [1.54, 1.807) is 11.0 Å². The molecular formula is C17H26N2O5S. The summed E-state index contributed by atoms with van der Waals surface area (Å²) in [5.41, 5.74) is 0. The highest BCUT2D eigenvalue weighted by molar-refractivity contribution is 7.91. The Morgan fingerprint density at radius 1 is 1.40 bits per heavy atom. The lowest BCUT2D eigenvalue weighted by Crippen LogP contribution is -2.54. The fourth-order valence-electron chi connectivity index (χ4n) is 3.05. The fraction of sp³-hybridized carbons (Fsp3) is 0.647. The maximum Gasteiger partial charge on any atom is 0.287 e. The van der Waals surface area contributed by atoms with Crippen molar-refractivity contribution in [3.05, 3.63) is 24.2 Å². The summed E-state index contributed by atoms with van der Waals surface area (Å²) in [6.07, 6.45) is 2.57. The zero-order valence-electron chi connectivity index (χ0n) is 14.9. The van der Waals surface area contributed by atoms with Gasteiger partial charge in [-0.3, -0.25) is 9.59 Å². The summed E-state index contributed by atoms with van der Waals surface area (Å²) in [4.78, 5) is 26.9. The van der Waals surface area contributed by atoms with Gasteiger partial charge in [0.15, 0.2) is 15.6 Å². The van der Waals surface area contributed by atoms with Gasteiger partial charge in [0.2, 0.25) is 5.91 Å². The Balaban J connectivity index is 2.16. The Morgan fingerprint density at radius 3 is 2.60 bits per heavy atom. The van der Waals surface area contributed by atoms with Crippen LogP contribution in [0.1, 0.15) is 44.2 Å². The van der Waals surface area contributed by atoms with E-state index in [0.717, 1.165) is 6.42 Å². The van der Waals surface area contributed by atoms with Crippen LogP contribution in [0.15, 0.2) is 22.8 Å². The molecule has 0 aromatic carbocycles. The average molecular weight is 370 g/mol. The highest BCUT2D eigenvalue weighted by atomic mass is 32.2. The molecule has 0 radical (unpaired) electrons. The van der Waals surface area contributed by atoms with Crippen LogP contribution in [0, 0.1) is 5.92 Å². The molecule has 0 unspecified atom stereocenters. The van der Waals surface area contributed by atoms with Gasteiger partial charge < -0.3 is 14.6 Å². The number of hydrogen-bond donors (Lipinski definition) is 1. The molecule has 1 N–H and O–H groups in total.